The number of nitrogens with zero attached hydrogens (tertiary/aromatic N) is 4. The predicted octanol–water partition coefficient (Wildman–Crippen LogP) is 3.74. The maximum atomic E-state index is 4.74. The van der Waals surface area contributed by atoms with Crippen LogP contribution in [0.15, 0.2) is 17.6 Å². The molecule has 0 radical (unpaired) electrons. The summed E-state index contributed by atoms with van der Waals surface area (Å²) in [6.07, 6.45) is 5.18. The lowest BCUT2D eigenvalue weighted by atomic mass is 10.0. The van der Waals surface area contributed by atoms with Gasteiger partial charge in [0, 0.05) is 31.0 Å². The first-order valence-corrected chi connectivity index (χ1v) is 10.3. The average Bonchev–Trinajstić information content (AvgIpc) is 3.28. The summed E-state index contributed by atoms with van der Waals surface area (Å²) in [4.78, 5) is 20.7. The second-order valence-corrected chi connectivity index (χ2v) is 7.97. The highest BCUT2D eigenvalue weighted by Gasteiger charge is 2.25. The smallest absolute Gasteiger partial charge is 0.141 e. The van der Waals surface area contributed by atoms with Gasteiger partial charge in [0.05, 0.1) is 11.4 Å². The first-order valence-electron chi connectivity index (χ1n) is 9.38. The van der Waals surface area contributed by atoms with Gasteiger partial charge >= 0.3 is 0 Å². The van der Waals surface area contributed by atoms with E-state index >= 15 is 0 Å². The molecule has 1 aliphatic heterocycles. The van der Waals surface area contributed by atoms with Crippen molar-refractivity contribution < 1.29 is 0 Å². The molecular formula is C19H26N6S. The molecule has 3 aromatic rings. The molecule has 3 aromatic heterocycles. The normalized spacial score (nSPS) is 17.1. The molecule has 7 heteroatoms. The average molecular weight is 371 g/mol. The molecule has 0 aromatic carbocycles. The highest BCUT2D eigenvalue weighted by atomic mass is 32.1. The van der Waals surface area contributed by atoms with Gasteiger partial charge in [-0.2, -0.15) is 0 Å². The van der Waals surface area contributed by atoms with Crippen LogP contribution in [0.1, 0.15) is 49.6 Å². The monoisotopic (exact) mass is 370 g/mol. The van der Waals surface area contributed by atoms with E-state index in [0.717, 1.165) is 60.3 Å². The molecule has 0 bridgehead atoms. The Hall–Kier alpha value is -1.99. The van der Waals surface area contributed by atoms with Gasteiger partial charge in [-0.15, -0.1) is 11.3 Å². The molecule has 1 unspecified atom stereocenters. The number of aromatic amines is 1. The largest absolute Gasteiger partial charge is 0.356 e. The molecule has 0 saturated carbocycles. The second-order valence-electron chi connectivity index (χ2n) is 7.07. The third-order valence-electron chi connectivity index (χ3n) is 5.11. The number of hydrogen-bond donors (Lipinski definition) is 2. The van der Waals surface area contributed by atoms with Crippen LogP contribution >= 0.6 is 11.3 Å². The maximum Gasteiger partial charge on any atom is 0.141 e. The Morgan fingerprint density at radius 2 is 2.12 bits per heavy atom. The number of anilines is 1. The lowest BCUT2D eigenvalue weighted by Gasteiger charge is -2.35. The van der Waals surface area contributed by atoms with Gasteiger partial charge < -0.3 is 15.2 Å². The summed E-state index contributed by atoms with van der Waals surface area (Å²) in [5.74, 6) is 3.01. The van der Waals surface area contributed by atoms with Crippen LogP contribution in [0.25, 0.3) is 10.2 Å². The van der Waals surface area contributed by atoms with Crippen molar-refractivity contribution in [1.82, 2.24) is 25.3 Å². The second kappa shape index (κ2) is 7.32. The van der Waals surface area contributed by atoms with E-state index in [4.69, 9.17) is 4.98 Å². The van der Waals surface area contributed by atoms with E-state index in [1.807, 2.05) is 13.1 Å². The van der Waals surface area contributed by atoms with Crippen LogP contribution in [0, 0.1) is 13.8 Å². The molecular weight excluding hydrogens is 344 g/mol. The molecule has 0 aliphatic carbocycles. The van der Waals surface area contributed by atoms with Gasteiger partial charge in [-0.05, 0) is 44.6 Å². The van der Waals surface area contributed by atoms with E-state index < -0.39 is 0 Å². The van der Waals surface area contributed by atoms with Crippen LogP contribution in [0.4, 0.5) is 5.82 Å². The third kappa shape index (κ3) is 3.46. The van der Waals surface area contributed by atoms with Crippen molar-refractivity contribution in [2.75, 3.05) is 18.0 Å². The third-order valence-corrected chi connectivity index (χ3v) is 5.92. The minimum absolute atomic E-state index is 0.296. The van der Waals surface area contributed by atoms with E-state index in [0.29, 0.717) is 12.1 Å². The SMILES string of the molecule is CCC(NC1CCN(c2nc(C)nc3sccc23)CC1)c1ncc(C)[nH]1. The van der Waals surface area contributed by atoms with Crippen LogP contribution < -0.4 is 10.2 Å². The fraction of sp³-hybridized carbons (Fsp3) is 0.526. The van der Waals surface area contributed by atoms with Crippen molar-refractivity contribution in [3.05, 3.63) is 35.0 Å². The Labute approximate surface area is 158 Å². The van der Waals surface area contributed by atoms with Crippen molar-refractivity contribution in [1.29, 1.82) is 0 Å². The van der Waals surface area contributed by atoms with Crippen LogP contribution in [-0.2, 0) is 0 Å². The van der Waals surface area contributed by atoms with E-state index in [2.05, 4.69) is 50.5 Å². The van der Waals surface area contributed by atoms with Gasteiger partial charge in [-0.25, -0.2) is 15.0 Å². The van der Waals surface area contributed by atoms with Crippen LogP contribution in [0.5, 0.6) is 0 Å². The lowest BCUT2D eigenvalue weighted by Crippen LogP contribution is -2.44. The summed E-state index contributed by atoms with van der Waals surface area (Å²) in [5.41, 5.74) is 1.12. The molecule has 0 spiro atoms. The van der Waals surface area contributed by atoms with Gasteiger partial charge in [0.2, 0.25) is 0 Å². The topological polar surface area (TPSA) is 69.7 Å². The zero-order valence-electron chi connectivity index (χ0n) is 15.6. The summed E-state index contributed by atoms with van der Waals surface area (Å²) >= 11 is 1.69. The Morgan fingerprint density at radius 1 is 1.31 bits per heavy atom. The minimum atomic E-state index is 0.296. The molecule has 4 heterocycles. The minimum Gasteiger partial charge on any atom is -0.356 e. The molecule has 26 heavy (non-hydrogen) atoms. The number of rotatable bonds is 5. The van der Waals surface area contributed by atoms with Crippen molar-refractivity contribution in [3.8, 4) is 0 Å². The van der Waals surface area contributed by atoms with Gasteiger partial charge in [0.15, 0.2) is 0 Å². The summed E-state index contributed by atoms with van der Waals surface area (Å²) in [6.45, 7) is 8.28. The zero-order valence-corrected chi connectivity index (χ0v) is 16.4. The van der Waals surface area contributed by atoms with Gasteiger partial charge in [-0.3, -0.25) is 0 Å². The molecule has 1 saturated heterocycles. The first-order chi connectivity index (χ1) is 12.6. The van der Waals surface area contributed by atoms with E-state index in [1.54, 1.807) is 11.3 Å². The Bertz CT molecular complexity index is 877. The Balaban J connectivity index is 1.43. The molecule has 2 N–H and O–H groups in total. The fourth-order valence-electron chi connectivity index (χ4n) is 3.73. The summed E-state index contributed by atoms with van der Waals surface area (Å²) in [5, 5.41) is 7.09. The molecule has 0 amide bonds. The van der Waals surface area contributed by atoms with Crippen molar-refractivity contribution >= 4 is 27.4 Å². The van der Waals surface area contributed by atoms with Gasteiger partial charge in [-0.1, -0.05) is 6.92 Å². The fourth-order valence-corrected chi connectivity index (χ4v) is 4.53. The number of hydrogen-bond acceptors (Lipinski definition) is 6. The standard InChI is InChI=1S/C19H26N6S/c1-4-16(17-20-11-12(2)21-17)24-14-5-8-25(9-6-14)18-15-7-10-26-19(15)23-13(3)22-18/h7,10-11,14,16,24H,4-6,8-9H2,1-3H3,(H,20,21). The van der Waals surface area contributed by atoms with Crippen LogP contribution in [0.2, 0.25) is 0 Å². The maximum absolute atomic E-state index is 4.74. The van der Waals surface area contributed by atoms with Crippen molar-refractivity contribution in [3.63, 3.8) is 0 Å². The van der Waals surface area contributed by atoms with E-state index in [1.165, 1.54) is 5.39 Å². The number of imidazole rings is 1. The molecule has 1 aliphatic rings. The number of thiophene rings is 1. The molecule has 138 valence electrons. The number of piperidine rings is 1. The molecule has 6 nitrogen and oxygen atoms in total. The Morgan fingerprint density at radius 3 is 2.81 bits per heavy atom. The quantitative estimate of drug-likeness (QED) is 0.716. The number of H-pyrrole nitrogens is 1. The van der Waals surface area contributed by atoms with Crippen LogP contribution in [0.3, 0.4) is 0 Å². The molecule has 1 fully saturated rings. The van der Waals surface area contributed by atoms with Gasteiger partial charge in [0.1, 0.15) is 22.3 Å². The van der Waals surface area contributed by atoms with Gasteiger partial charge in [0.25, 0.3) is 0 Å². The lowest BCUT2D eigenvalue weighted by molar-refractivity contribution is 0.356. The summed E-state index contributed by atoms with van der Waals surface area (Å²) in [6, 6.07) is 2.96. The highest BCUT2D eigenvalue weighted by Crippen LogP contribution is 2.30. The zero-order chi connectivity index (χ0) is 18.1. The highest BCUT2D eigenvalue weighted by molar-refractivity contribution is 7.16. The number of aromatic nitrogens is 4. The predicted molar refractivity (Wildman–Crippen MR) is 107 cm³/mol. The van der Waals surface area contributed by atoms with Crippen molar-refractivity contribution in [2.24, 2.45) is 0 Å². The van der Waals surface area contributed by atoms with Crippen molar-refractivity contribution in [2.45, 2.75) is 52.1 Å². The number of aryl methyl sites for hydroxylation is 2. The van der Waals surface area contributed by atoms with Crippen LogP contribution in [-0.4, -0.2) is 39.1 Å². The first kappa shape index (κ1) is 17.4. The van der Waals surface area contributed by atoms with E-state index in [9.17, 15) is 0 Å². The summed E-state index contributed by atoms with van der Waals surface area (Å²) in [7, 11) is 0. The van der Waals surface area contributed by atoms with E-state index in [-0.39, 0.29) is 0 Å². The molecule has 1 atom stereocenters. The molecule has 4 rings (SSSR count). The number of fused-ring (bicyclic) bond motifs is 1. The number of nitrogens with one attached hydrogen (secondary N) is 2. The Kier molecular flexibility index (Phi) is 4.91. The summed E-state index contributed by atoms with van der Waals surface area (Å²) < 4.78 is 0.